The molecular formula is C17H20ClNO5S. The maximum absolute atomic E-state index is 12.5. The minimum atomic E-state index is -3.07. The Labute approximate surface area is 152 Å². The van der Waals surface area contributed by atoms with Gasteiger partial charge in [0.1, 0.15) is 0 Å². The molecule has 1 atom stereocenters. The number of ether oxygens (including phenoxy) is 1. The van der Waals surface area contributed by atoms with Crippen molar-refractivity contribution < 1.29 is 22.7 Å². The first-order valence-corrected chi connectivity index (χ1v) is 10.5. The van der Waals surface area contributed by atoms with Crippen molar-refractivity contribution in [3.05, 3.63) is 34.9 Å². The van der Waals surface area contributed by atoms with Crippen LogP contribution >= 0.6 is 11.6 Å². The van der Waals surface area contributed by atoms with Crippen LogP contribution in [0.25, 0.3) is 0 Å². The van der Waals surface area contributed by atoms with Gasteiger partial charge in [-0.2, -0.15) is 0 Å². The molecule has 1 aliphatic carbocycles. The lowest BCUT2D eigenvalue weighted by molar-refractivity contribution is -0.152. The second-order valence-corrected chi connectivity index (χ2v) is 9.22. The van der Waals surface area contributed by atoms with Crippen molar-refractivity contribution in [2.75, 3.05) is 18.1 Å². The van der Waals surface area contributed by atoms with E-state index in [1.807, 2.05) is 0 Å². The highest BCUT2D eigenvalue weighted by Crippen LogP contribution is 2.32. The van der Waals surface area contributed by atoms with Crippen LogP contribution in [-0.2, 0) is 30.6 Å². The van der Waals surface area contributed by atoms with E-state index in [4.69, 9.17) is 16.3 Å². The summed E-state index contributed by atoms with van der Waals surface area (Å²) in [5.41, 5.74) is 0.753. The van der Waals surface area contributed by atoms with Crippen LogP contribution in [0.4, 0.5) is 0 Å². The van der Waals surface area contributed by atoms with Crippen molar-refractivity contribution in [2.45, 2.75) is 37.8 Å². The predicted octanol–water partition coefficient (Wildman–Crippen LogP) is 1.60. The first kappa shape index (κ1) is 18.2. The number of amides is 1. The second kappa shape index (κ2) is 7.33. The summed E-state index contributed by atoms with van der Waals surface area (Å²) in [6, 6.07) is 6.62. The summed E-state index contributed by atoms with van der Waals surface area (Å²) in [6.45, 7) is -0.348. The lowest BCUT2D eigenvalue weighted by Gasteiger charge is -2.28. The first-order chi connectivity index (χ1) is 11.8. The Morgan fingerprint density at radius 3 is 2.36 bits per heavy atom. The van der Waals surface area contributed by atoms with E-state index in [1.54, 1.807) is 29.2 Å². The van der Waals surface area contributed by atoms with Crippen LogP contribution in [0.2, 0.25) is 5.02 Å². The molecule has 0 bridgehead atoms. The standard InChI is InChI=1S/C17H20ClNO5S/c18-13-3-1-12(2-4-13)9-17(21)24-10-16(20)19(14-5-6-14)15-7-8-25(22,23)11-15/h1-4,14-15H,5-11H2/t15-/m0/s1. The SMILES string of the molecule is O=C(Cc1ccc(Cl)cc1)OCC(=O)N(C1CC1)[C@H]1CCS(=O)(=O)C1. The Balaban J connectivity index is 1.53. The number of esters is 1. The maximum Gasteiger partial charge on any atom is 0.310 e. The molecule has 25 heavy (non-hydrogen) atoms. The van der Waals surface area contributed by atoms with Crippen LogP contribution in [0.15, 0.2) is 24.3 Å². The van der Waals surface area contributed by atoms with Crippen LogP contribution in [-0.4, -0.2) is 55.4 Å². The van der Waals surface area contributed by atoms with E-state index in [2.05, 4.69) is 0 Å². The van der Waals surface area contributed by atoms with Gasteiger partial charge in [0.15, 0.2) is 16.4 Å². The summed E-state index contributed by atoms with van der Waals surface area (Å²) in [5.74, 6) is -0.683. The third-order valence-corrected chi connectivity index (χ3v) is 6.45. The normalized spacial score (nSPS) is 21.7. The Morgan fingerprint density at radius 1 is 1.12 bits per heavy atom. The lowest BCUT2D eigenvalue weighted by atomic mass is 10.1. The summed E-state index contributed by atoms with van der Waals surface area (Å²) >= 11 is 5.79. The van der Waals surface area contributed by atoms with Crippen LogP contribution in [0.1, 0.15) is 24.8 Å². The molecule has 2 aliphatic rings. The number of rotatable bonds is 6. The van der Waals surface area contributed by atoms with Gasteiger partial charge in [0, 0.05) is 17.1 Å². The fraction of sp³-hybridized carbons (Fsp3) is 0.529. The highest BCUT2D eigenvalue weighted by molar-refractivity contribution is 7.91. The molecule has 8 heteroatoms. The number of carbonyl (C=O) groups is 2. The van der Waals surface area contributed by atoms with Crippen molar-refractivity contribution in [3.8, 4) is 0 Å². The molecule has 0 N–H and O–H groups in total. The second-order valence-electron chi connectivity index (χ2n) is 6.55. The van der Waals surface area contributed by atoms with Gasteiger partial charge in [-0.25, -0.2) is 8.42 Å². The van der Waals surface area contributed by atoms with Gasteiger partial charge in [-0.05, 0) is 37.0 Å². The first-order valence-electron chi connectivity index (χ1n) is 8.26. The smallest absolute Gasteiger partial charge is 0.310 e. The molecule has 1 amide bonds. The van der Waals surface area contributed by atoms with Crippen molar-refractivity contribution in [3.63, 3.8) is 0 Å². The summed E-state index contributed by atoms with van der Waals surface area (Å²) in [5, 5.41) is 0.582. The number of nitrogens with zero attached hydrogens (tertiary/aromatic N) is 1. The summed E-state index contributed by atoms with van der Waals surface area (Å²) in [6.07, 6.45) is 2.27. The van der Waals surface area contributed by atoms with E-state index in [1.165, 1.54) is 0 Å². The summed E-state index contributed by atoms with van der Waals surface area (Å²) in [4.78, 5) is 26.0. The fourth-order valence-corrected chi connectivity index (χ4v) is 4.93. The molecule has 0 unspecified atom stereocenters. The fourth-order valence-electron chi connectivity index (χ4n) is 3.09. The maximum atomic E-state index is 12.5. The van der Waals surface area contributed by atoms with E-state index >= 15 is 0 Å². The number of halogens is 1. The average Bonchev–Trinajstić information content (AvgIpc) is 3.31. The largest absolute Gasteiger partial charge is 0.455 e. The van der Waals surface area contributed by atoms with Crippen molar-refractivity contribution >= 4 is 33.3 Å². The highest BCUT2D eigenvalue weighted by Gasteiger charge is 2.42. The van der Waals surface area contributed by atoms with E-state index in [0.29, 0.717) is 11.4 Å². The quantitative estimate of drug-likeness (QED) is 0.695. The molecular weight excluding hydrogens is 366 g/mol. The van der Waals surface area contributed by atoms with Gasteiger partial charge in [0.25, 0.3) is 5.91 Å². The Morgan fingerprint density at radius 2 is 1.80 bits per heavy atom. The minimum absolute atomic E-state index is 0.00790. The average molecular weight is 386 g/mol. The van der Waals surface area contributed by atoms with E-state index in [0.717, 1.165) is 18.4 Å². The molecule has 1 aliphatic heterocycles. The van der Waals surface area contributed by atoms with E-state index in [9.17, 15) is 18.0 Å². The molecule has 0 aromatic heterocycles. The number of hydrogen-bond donors (Lipinski definition) is 0. The van der Waals surface area contributed by atoms with Crippen molar-refractivity contribution in [2.24, 2.45) is 0 Å². The summed E-state index contributed by atoms with van der Waals surface area (Å²) in [7, 11) is -3.07. The Kier molecular flexibility index (Phi) is 5.34. The molecule has 1 aromatic carbocycles. The van der Waals surface area contributed by atoms with Gasteiger partial charge in [-0.15, -0.1) is 0 Å². The zero-order valence-electron chi connectivity index (χ0n) is 13.7. The molecule has 0 spiro atoms. The monoisotopic (exact) mass is 385 g/mol. The molecule has 0 radical (unpaired) electrons. The number of sulfone groups is 1. The molecule has 1 heterocycles. The number of hydrogen-bond acceptors (Lipinski definition) is 5. The molecule has 3 rings (SSSR count). The predicted molar refractivity (Wildman–Crippen MR) is 93.0 cm³/mol. The number of carbonyl (C=O) groups excluding carboxylic acids is 2. The van der Waals surface area contributed by atoms with E-state index < -0.39 is 15.8 Å². The molecule has 1 aromatic rings. The van der Waals surface area contributed by atoms with Crippen LogP contribution in [0, 0.1) is 0 Å². The van der Waals surface area contributed by atoms with Gasteiger partial charge in [-0.1, -0.05) is 23.7 Å². The topological polar surface area (TPSA) is 80.8 Å². The van der Waals surface area contributed by atoms with Crippen LogP contribution in [0.5, 0.6) is 0 Å². The zero-order valence-corrected chi connectivity index (χ0v) is 15.3. The van der Waals surface area contributed by atoms with Crippen LogP contribution < -0.4 is 0 Å². The van der Waals surface area contributed by atoms with Gasteiger partial charge in [-0.3, -0.25) is 9.59 Å². The van der Waals surface area contributed by atoms with E-state index in [-0.39, 0.29) is 42.5 Å². The molecule has 6 nitrogen and oxygen atoms in total. The third kappa shape index (κ3) is 4.95. The third-order valence-electron chi connectivity index (χ3n) is 4.45. The molecule has 1 saturated carbocycles. The number of benzene rings is 1. The van der Waals surface area contributed by atoms with Gasteiger partial charge >= 0.3 is 5.97 Å². The van der Waals surface area contributed by atoms with Crippen molar-refractivity contribution in [1.82, 2.24) is 4.90 Å². The molecule has 2 fully saturated rings. The van der Waals surface area contributed by atoms with Gasteiger partial charge < -0.3 is 9.64 Å². The van der Waals surface area contributed by atoms with Gasteiger partial charge in [0.05, 0.1) is 17.9 Å². The van der Waals surface area contributed by atoms with Crippen molar-refractivity contribution in [1.29, 1.82) is 0 Å². The highest BCUT2D eigenvalue weighted by atomic mass is 35.5. The summed E-state index contributed by atoms with van der Waals surface area (Å²) < 4.78 is 28.4. The minimum Gasteiger partial charge on any atom is -0.455 e. The molecule has 1 saturated heterocycles. The van der Waals surface area contributed by atoms with Crippen LogP contribution in [0.3, 0.4) is 0 Å². The Hall–Kier alpha value is -1.60. The van der Waals surface area contributed by atoms with Gasteiger partial charge in [0.2, 0.25) is 0 Å². The zero-order chi connectivity index (χ0) is 18.0. The lowest BCUT2D eigenvalue weighted by Crippen LogP contribution is -2.44. The molecule has 136 valence electrons. The Bertz CT molecular complexity index is 758.